The maximum absolute atomic E-state index is 12.2. The number of fused-ring (bicyclic) bond motifs is 1. The van der Waals surface area contributed by atoms with Gasteiger partial charge in [0.2, 0.25) is 15.6 Å². The first-order valence-electron chi connectivity index (χ1n) is 11.0. The van der Waals surface area contributed by atoms with Gasteiger partial charge < -0.3 is 4.90 Å². The normalized spacial score (nSPS) is 14.9. The standard InChI is InChI=1S/C25H23ClN6O2S/c1-30(24-22-11-8-19(26)15-23(22)31(16-27)25(28)29-24)21-5-2-4-18(14-21)17-6-9-20(10-7-17)32-12-3-13-35(32,33)34/h2,4-11,14-16,27-28H,3,12-13H2,1H3. The van der Waals surface area contributed by atoms with Crippen molar-refractivity contribution in [3.8, 4) is 11.1 Å². The van der Waals surface area contributed by atoms with E-state index in [1.165, 1.54) is 8.87 Å². The molecule has 5 rings (SSSR count). The molecule has 2 heterocycles. The summed E-state index contributed by atoms with van der Waals surface area (Å²) in [6.07, 6.45) is 1.70. The Morgan fingerprint density at radius 2 is 1.83 bits per heavy atom. The van der Waals surface area contributed by atoms with E-state index in [2.05, 4.69) is 4.98 Å². The van der Waals surface area contributed by atoms with Crippen LogP contribution in [0.25, 0.3) is 22.0 Å². The van der Waals surface area contributed by atoms with Crippen LogP contribution < -0.4 is 14.8 Å². The molecule has 0 bridgehead atoms. The molecule has 1 fully saturated rings. The highest BCUT2D eigenvalue weighted by molar-refractivity contribution is 7.93. The molecule has 2 N–H and O–H groups in total. The van der Waals surface area contributed by atoms with Gasteiger partial charge in [0.15, 0.2) is 0 Å². The van der Waals surface area contributed by atoms with Crippen LogP contribution in [0.3, 0.4) is 0 Å². The van der Waals surface area contributed by atoms with Crippen LogP contribution in [0.4, 0.5) is 17.2 Å². The summed E-state index contributed by atoms with van der Waals surface area (Å²) in [5, 5.41) is 17.3. The molecule has 1 saturated heterocycles. The Kier molecular flexibility index (Phi) is 5.82. The van der Waals surface area contributed by atoms with Crippen molar-refractivity contribution < 1.29 is 8.42 Å². The predicted octanol–water partition coefficient (Wildman–Crippen LogP) is 4.60. The lowest BCUT2D eigenvalue weighted by Crippen LogP contribution is -2.26. The summed E-state index contributed by atoms with van der Waals surface area (Å²) in [4.78, 5) is 6.35. The number of benzene rings is 3. The zero-order valence-corrected chi connectivity index (χ0v) is 20.5. The molecule has 0 radical (unpaired) electrons. The van der Waals surface area contributed by atoms with Gasteiger partial charge in [0.05, 0.1) is 23.3 Å². The van der Waals surface area contributed by atoms with Gasteiger partial charge in [0.25, 0.3) is 0 Å². The number of hydrogen-bond acceptors (Lipinski definition) is 6. The van der Waals surface area contributed by atoms with Crippen LogP contribution in [0, 0.1) is 10.8 Å². The van der Waals surface area contributed by atoms with Crippen molar-refractivity contribution in [2.75, 3.05) is 28.6 Å². The van der Waals surface area contributed by atoms with E-state index < -0.39 is 10.0 Å². The quantitative estimate of drug-likeness (QED) is 0.305. The van der Waals surface area contributed by atoms with Crippen molar-refractivity contribution in [3.05, 3.63) is 77.4 Å². The molecule has 1 aliphatic rings. The molecule has 10 heteroatoms. The van der Waals surface area contributed by atoms with Gasteiger partial charge in [-0.25, -0.2) is 8.42 Å². The SMILES string of the molecule is CN(c1cccc(-c2ccc(N3CCCS3(=O)=O)cc2)c1)c1nc(=N)n(C=N)c2cc(Cl)ccc12. The molecule has 3 aromatic carbocycles. The van der Waals surface area contributed by atoms with Crippen molar-refractivity contribution in [2.24, 2.45) is 0 Å². The van der Waals surface area contributed by atoms with E-state index in [0.717, 1.165) is 28.5 Å². The zero-order chi connectivity index (χ0) is 24.7. The van der Waals surface area contributed by atoms with Crippen molar-refractivity contribution in [1.82, 2.24) is 9.55 Å². The van der Waals surface area contributed by atoms with Crippen LogP contribution in [-0.2, 0) is 10.0 Å². The van der Waals surface area contributed by atoms with Gasteiger partial charge in [-0.3, -0.25) is 19.7 Å². The number of nitrogens with zero attached hydrogens (tertiary/aromatic N) is 4. The van der Waals surface area contributed by atoms with Gasteiger partial charge in [0, 0.05) is 29.7 Å². The van der Waals surface area contributed by atoms with Crippen LogP contribution in [0.15, 0.2) is 66.7 Å². The summed E-state index contributed by atoms with van der Waals surface area (Å²) in [5.41, 5.74) is 4.03. The first-order chi connectivity index (χ1) is 16.8. The van der Waals surface area contributed by atoms with Crippen LogP contribution in [0.5, 0.6) is 0 Å². The van der Waals surface area contributed by atoms with E-state index in [4.69, 9.17) is 22.4 Å². The van der Waals surface area contributed by atoms with E-state index >= 15 is 0 Å². The molecule has 0 atom stereocenters. The molecule has 4 aromatic rings. The Bertz CT molecular complexity index is 1620. The van der Waals surface area contributed by atoms with E-state index in [9.17, 15) is 8.42 Å². The largest absolute Gasteiger partial charge is 0.329 e. The number of hydrogen-bond donors (Lipinski definition) is 2. The van der Waals surface area contributed by atoms with E-state index in [1.54, 1.807) is 12.1 Å². The van der Waals surface area contributed by atoms with Gasteiger partial charge in [-0.05, 0) is 60.0 Å². The highest BCUT2D eigenvalue weighted by atomic mass is 35.5. The lowest BCUT2D eigenvalue weighted by Gasteiger charge is -2.22. The maximum Gasteiger partial charge on any atom is 0.235 e. The Morgan fingerprint density at radius 3 is 2.51 bits per heavy atom. The molecule has 0 saturated carbocycles. The molecule has 1 aliphatic heterocycles. The van der Waals surface area contributed by atoms with Crippen molar-refractivity contribution in [2.45, 2.75) is 6.42 Å². The number of anilines is 3. The summed E-state index contributed by atoms with van der Waals surface area (Å²) in [6.45, 7) is 0.515. The van der Waals surface area contributed by atoms with E-state index in [-0.39, 0.29) is 11.4 Å². The van der Waals surface area contributed by atoms with Gasteiger partial charge in [-0.15, -0.1) is 0 Å². The zero-order valence-electron chi connectivity index (χ0n) is 18.9. The minimum atomic E-state index is -3.22. The van der Waals surface area contributed by atoms with Crippen LogP contribution in [0.2, 0.25) is 5.02 Å². The maximum atomic E-state index is 12.2. The molecule has 0 aliphatic carbocycles. The lowest BCUT2D eigenvalue weighted by atomic mass is 10.0. The third kappa shape index (κ3) is 4.17. The molecule has 0 unspecified atom stereocenters. The smallest absolute Gasteiger partial charge is 0.235 e. The van der Waals surface area contributed by atoms with Crippen LogP contribution in [-0.4, -0.2) is 43.7 Å². The lowest BCUT2D eigenvalue weighted by molar-refractivity contribution is 0.599. The van der Waals surface area contributed by atoms with Gasteiger partial charge >= 0.3 is 0 Å². The van der Waals surface area contributed by atoms with E-state index in [1.807, 2.05) is 66.5 Å². The predicted molar refractivity (Wildman–Crippen MR) is 140 cm³/mol. The second-order valence-electron chi connectivity index (χ2n) is 8.32. The first kappa shape index (κ1) is 23.1. The first-order valence-corrected chi connectivity index (χ1v) is 13.0. The van der Waals surface area contributed by atoms with Crippen molar-refractivity contribution in [1.29, 1.82) is 10.8 Å². The summed E-state index contributed by atoms with van der Waals surface area (Å²) in [7, 11) is -1.34. The fourth-order valence-corrected chi connectivity index (χ4v) is 6.10. The Hall–Kier alpha value is -3.69. The Labute approximate surface area is 208 Å². The van der Waals surface area contributed by atoms with Gasteiger partial charge in [-0.1, -0.05) is 35.9 Å². The summed E-state index contributed by atoms with van der Waals surface area (Å²) in [5.74, 6) is 0.767. The number of nitrogens with one attached hydrogen (secondary N) is 2. The van der Waals surface area contributed by atoms with Crippen molar-refractivity contribution in [3.63, 3.8) is 0 Å². The minimum absolute atomic E-state index is 0.0692. The van der Waals surface area contributed by atoms with Gasteiger partial charge in [0.1, 0.15) is 5.82 Å². The molecule has 1 aromatic heterocycles. The van der Waals surface area contributed by atoms with Crippen molar-refractivity contribution >= 4 is 56.1 Å². The molecule has 8 nitrogen and oxygen atoms in total. The fourth-order valence-electron chi connectivity index (χ4n) is 4.37. The highest BCUT2D eigenvalue weighted by Gasteiger charge is 2.28. The second kappa shape index (κ2) is 8.83. The average Bonchev–Trinajstić information content (AvgIpc) is 3.22. The average molecular weight is 507 g/mol. The Balaban J connectivity index is 1.52. The van der Waals surface area contributed by atoms with Crippen LogP contribution >= 0.6 is 11.6 Å². The van der Waals surface area contributed by atoms with Crippen LogP contribution in [0.1, 0.15) is 6.42 Å². The molecule has 178 valence electrons. The number of aromatic nitrogens is 2. The number of sulfonamides is 1. The molecule has 0 amide bonds. The van der Waals surface area contributed by atoms with E-state index in [0.29, 0.717) is 35.0 Å². The topological polar surface area (TPSA) is 106 Å². The molecule has 0 spiro atoms. The van der Waals surface area contributed by atoms with Gasteiger partial charge in [-0.2, -0.15) is 4.98 Å². The third-order valence-electron chi connectivity index (χ3n) is 6.17. The summed E-state index contributed by atoms with van der Waals surface area (Å²) < 4.78 is 27.3. The third-order valence-corrected chi connectivity index (χ3v) is 8.27. The highest BCUT2D eigenvalue weighted by Crippen LogP contribution is 2.33. The molecule has 35 heavy (non-hydrogen) atoms. The number of rotatable bonds is 5. The monoisotopic (exact) mass is 506 g/mol. The number of halogens is 1. The minimum Gasteiger partial charge on any atom is -0.329 e. The second-order valence-corrected chi connectivity index (χ2v) is 10.8. The molecular weight excluding hydrogens is 484 g/mol. The summed E-state index contributed by atoms with van der Waals surface area (Å²) >= 11 is 6.19. The summed E-state index contributed by atoms with van der Waals surface area (Å²) in [6, 6.07) is 20.8. The fraction of sp³-hybridized carbons (Fsp3) is 0.160. The Morgan fingerprint density at radius 1 is 1.06 bits per heavy atom. The molecular formula is C25H23ClN6O2S.